The highest BCUT2D eigenvalue weighted by Crippen LogP contribution is 2.22. The topological polar surface area (TPSA) is 30.9 Å². The minimum Gasteiger partial charge on any atom is -0.377 e. The number of rotatable bonds is 41. The predicted molar refractivity (Wildman–Crippen MR) is 240 cm³/mol. The van der Waals surface area contributed by atoms with Crippen molar-refractivity contribution < 1.29 is 13.3 Å². The Hall–Kier alpha value is 0.564. The Morgan fingerprint density at radius 2 is 0.627 bits per heavy atom. The zero-order valence-corrected chi connectivity index (χ0v) is 37.3. The van der Waals surface area contributed by atoms with Crippen LogP contribution in [-0.2, 0) is 13.3 Å². The molecule has 0 aliphatic rings. The first-order valence-corrected chi connectivity index (χ1v) is 24.3. The number of hydrogen-bond donors (Lipinski definition) is 0. The minimum atomic E-state index is -2.51. The molecule has 0 rings (SSSR count). The van der Waals surface area contributed by atoms with Gasteiger partial charge in [-0.1, -0.05) is 206 Å². The van der Waals surface area contributed by atoms with Crippen LogP contribution < -0.4 is 0 Å². The molecule has 0 spiro atoms. The largest absolute Gasteiger partial charge is 0.500 e. The van der Waals surface area contributed by atoms with E-state index < -0.39 is 8.80 Å². The average molecular weight is 781 g/mol. The Labute approximate surface area is 334 Å². The lowest BCUT2D eigenvalue weighted by Crippen LogP contribution is -2.45. The highest BCUT2D eigenvalue weighted by molar-refractivity contribution is 6.60. The van der Waals surface area contributed by atoms with Crippen molar-refractivity contribution >= 4 is 32.2 Å². The molecule has 0 aromatic carbocycles. The van der Waals surface area contributed by atoms with Gasteiger partial charge in [0.2, 0.25) is 0 Å². The van der Waals surface area contributed by atoms with Gasteiger partial charge in [0, 0.05) is 39.5 Å². The number of halogens is 1. The van der Waals surface area contributed by atoms with Gasteiger partial charge in [0.05, 0.1) is 0 Å². The van der Waals surface area contributed by atoms with Gasteiger partial charge in [-0.2, -0.15) is 0 Å². The maximum Gasteiger partial charge on any atom is 0.500 e. The summed E-state index contributed by atoms with van der Waals surface area (Å²) in [5, 5.41) is 0. The number of nitrogens with zero attached hydrogens (tertiary/aromatic N) is 1. The van der Waals surface area contributed by atoms with Gasteiger partial charge >= 0.3 is 8.80 Å². The van der Waals surface area contributed by atoms with E-state index in [4.69, 9.17) is 13.3 Å². The Morgan fingerprint density at radius 1 is 0.392 bits per heavy atom. The van der Waals surface area contributed by atoms with Crippen LogP contribution in [0.5, 0.6) is 0 Å². The smallest absolute Gasteiger partial charge is 0.377 e. The summed E-state index contributed by atoms with van der Waals surface area (Å²) in [5.74, 6) is 0. The molecule has 0 radical (unpaired) electrons. The maximum absolute atomic E-state index is 5.74. The monoisotopic (exact) mass is 780 g/mol. The van der Waals surface area contributed by atoms with Crippen molar-refractivity contribution in [1.29, 1.82) is 0 Å². The molecular weight excluding hydrogens is 682 g/mol. The lowest BCUT2D eigenvalue weighted by molar-refractivity contribution is 0.111. The van der Waals surface area contributed by atoms with E-state index in [9.17, 15) is 0 Å². The Balaban J connectivity index is -0.0000115. The minimum absolute atomic E-state index is 0. The van der Waals surface area contributed by atoms with E-state index in [0.29, 0.717) is 12.1 Å². The van der Waals surface area contributed by atoms with Crippen molar-refractivity contribution in [3.05, 3.63) is 0 Å². The maximum atomic E-state index is 5.74. The first-order chi connectivity index (χ1) is 24.0. The van der Waals surface area contributed by atoms with Crippen LogP contribution in [0.3, 0.4) is 0 Å². The second-order valence-electron chi connectivity index (χ2n) is 15.8. The van der Waals surface area contributed by atoms with Gasteiger partial charge in [-0.3, -0.25) is 4.90 Å². The van der Waals surface area contributed by atoms with E-state index in [1.165, 1.54) is 205 Å². The van der Waals surface area contributed by atoms with Crippen LogP contribution in [0.4, 0.5) is 0 Å². The van der Waals surface area contributed by atoms with Gasteiger partial charge in [0.25, 0.3) is 0 Å². The lowest BCUT2D eigenvalue weighted by atomic mass is 10.0. The standard InChI is InChI=1S/C44H93NO3Si.ClH.H4Si/c1-8-10-12-14-16-18-20-22-24-26-28-30-32-34-36-39-43(3)45(41-38-42-49(46-5,47-6)48-7)44(4)40-37-35-33-31-29-27-25-23-21-19-17-15-13-11-9-2;;/h43-44H,8-42H2,1-7H3;1H;1H4. The first-order valence-electron chi connectivity index (χ1n) is 22.4. The molecule has 0 N–H and O–H groups in total. The number of unbranched alkanes of at least 4 members (excludes halogenated alkanes) is 28. The normalized spacial score (nSPS) is 12.9. The van der Waals surface area contributed by atoms with Gasteiger partial charge in [0.15, 0.2) is 0 Å². The van der Waals surface area contributed by atoms with E-state index >= 15 is 0 Å². The van der Waals surface area contributed by atoms with Crippen LogP contribution in [0.25, 0.3) is 0 Å². The highest BCUT2D eigenvalue weighted by Gasteiger charge is 2.37. The van der Waals surface area contributed by atoms with Crippen molar-refractivity contribution in [1.82, 2.24) is 4.90 Å². The van der Waals surface area contributed by atoms with Gasteiger partial charge in [0.1, 0.15) is 0 Å². The molecule has 0 amide bonds. The summed E-state index contributed by atoms with van der Waals surface area (Å²) < 4.78 is 17.2. The van der Waals surface area contributed by atoms with Gasteiger partial charge in [-0.15, -0.1) is 12.4 Å². The van der Waals surface area contributed by atoms with Crippen LogP contribution in [0.15, 0.2) is 0 Å². The fourth-order valence-corrected chi connectivity index (χ4v) is 9.57. The van der Waals surface area contributed by atoms with E-state index in [-0.39, 0.29) is 23.4 Å². The lowest BCUT2D eigenvalue weighted by Gasteiger charge is -2.36. The molecule has 0 fully saturated rings. The van der Waals surface area contributed by atoms with Crippen LogP contribution in [0, 0.1) is 0 Å². The van der Waals surface area contributed by atoms with Crippen molar-refractivity contribution in [2.24, 2.45) is 0 Å². The molecule has 2 unspecified atom stereocenters. The third kappa shape index (κ3) is 34.8. The Kier molecular flexibility index (Phi) is 47.5. The molecule has 0 aliphatic carbocycles. The molecular formula is C44H98ClNO3Si2. The summed E-state index contributed by atoms with van der Waals surface area (Å²) in [6, 6.07) is 2.17. The highest BCUT2D eigenvalue weighted by atomic mass is 35.5. The van der Waals surface area contributed by atoms with E-state index in [0.717, 1.165) is 19.0 Å². The van der Waals surface area contributed by atoms with Crippen LogP contribution in [0.2, 0.25) is 6.04 Å². The first kappa shape index (κ1) is 55.9. The molecule has 0 saturated carbocycles. The summed E-state index contributed by atoms with van der Waals surface area (Å²) >= 11 is 0. The average Bonchev–Trinajstić information content (AvgIpc) is 3.11. The van der Waals surface area contributed by atoms with Crippen LogP contribution in [0.1, 0.15) is 240 Å². The molecule has 0 aromatic rings. The zero-order valence-electron chi connectivity index (χ0n) is 35.5. The molecule has 0 saturated heterocycles. The van der Waals surface area contributed by atoms with Gasteiger partial charge in [-0.05, 0) is 50.6 Å². The predicted octanol–water partition coefficient (Wildman–Crippen LogP) is 13.8. The molecule has 2 atom stereocenters. The third-order valence-electron chi connectivity index (χ3n) is 11.4. The van der Waals surface area contributed by atoms with E-state index in [1.54, 1.807) is 21.3 Å². The van der Waals surface area contributed by atoms with Crippen molar-refractivity contribution in [3.8, 4) is 0 Å². The third-order valence-corrected chi connectivity index (χ3v) is 14.2. The summed E-state index contributed by atoms with van der Waals surface area (Å²) in [7, 11) is 2.73. The fraction of sp³-hybridized carbons (Fsp3) is 1.00. The van der Waals surface area contributed by atoms with Crippen LogP contribution in [-0.4, -0.2) is 64.6 Å². The Bertz CT molecular complexity index is 595. The van der Waals surface area contributed by atoms with E-state index in [2.05, 4.69) is 32.6 Å². The summed E-state index contributed by atoms with van der Waals surface area (Å²) in [4.78, 5) is 2.81. The Morgan fingerprint density at radius 3 is 0.863 bits per heavy atom. The molecule has 0 heterocycles. The molecule has 312 valence electrons. The molecule has 7 heteroatoms. The molecule has 0 aromatic heterocycles. The van der Waals surface area contributed by atoms with Gasteiger partial charge in [-0.25, -0.2) is 0 Å². The molecule has 0 bridgehead atoms. The second kappa shape index (κ2) is 43.3. The summed E-state index contributed by atoms with van der Waals surface area (Å²) in [6.07, 6.45) is 46.7. The molecule has 51 heavy (non-hydrogen) atoms. The van der Waals surface area contributed by atoms with Crippen LogP contribution >= 0.6 is 12.4 Å². The quantitative estimate of drug-likeness (QED) is 0.0457. The van der Waals surface area contributed by atoms with Gasteiger partial charge < -0.3 is 13.3 Å². The summed E-state index contributed by atoms with van der Waals surface area (Å²) in [5.41, 5.74) is 0. The van der Waals surface area contributed by atoms with Crippen molar-refractivity contribution in [2.75, 3.05) is 27.9 Å². The SMILES string of the molecule is CCCCCCCCCCCCCCCCCC(C)N(CCC[Si](OC)(OC)OC)C(C)CCCCCCCCCCCCCCCCC.Cl.[SiH4]. The molecule has 0 aliphatic heterocycles. The van der Waals surface area contributed by atoms with Crippen molar-refractivity contribution in [2.45, 2.75) is 258 Å². The summed E-state index contributed by atoms with van der Waals surface area (Å²) in [6.45, 7) is 10.7. The zero-order chi connectivity index (χ0) is 36.1. The fourth-order valence-electron chi connectivity index (χ4n) is 7.86. The number of hydrogen-bond acceptors (Lipinski definition) is 4. The van der Waals surface area contributed by atoms with Crippen molar-refractivity contribution in [3.63, 3.8) is 0 Å². The molecule has 4 nitrogen and oxygen atoms in total. The second-order valence-corrected chi connectivity index (χ2v) is 18.9. The van der Waals surface area contributed by atoms with E-state index in [1.807, 2.05) is 0 Å².